The highest BCUT2D eigenvalue weighted by Gasteiger charge is 2.40. The molecule has 2 unspecified atom stereocenters. The predicted octanol–water partition coefficient (Wildman–Crippen LogP) is 4.04. The van der Waals surface area contributed by atoms with Crippen LogP contribution in [0.4, 0.5) is 17.6 Å². The molecule has 1 aromatic rings. The first-order valence-corrected chi connectivity index (χ1v) is 8.64. The molecule has 8 heteroatoms. The van der Waals surface area contributed by atoms with Crippen molar-refractivity contribution >= 4 is 18.3 Å². The Morgan fingerprint density at radius 2 is 1.81 bits per heavy atom. The Kier molecular flexibility index (Phi) is 6.55. The SMILES string of the molecule is Cl.NC1C2CCCC1CC(C(=O)NCc1ccc(F)cc1C(F)(F)F)C2. The molecule has 1 aromatic carbocycles. The van der Waals surface area contributed by atoms with Crippen molar-refractivity contribution in [2.75, 3.05) is 0 Å². The smallest absolute Gasteiger partial charge is 0.352 e. The topological polar surface area (TPSA) is 55.1 Å². The Hall–Kier alpha value is -1.34. The van der Waals surface area contributed by atoms with Gasteiger partial charge in [0.15, 0.2) is 0 Å². The lowest BCUT2D eigenvalue weighted by atomic mass is 9.65. The molecular formula is C18H23ClF4N2O. The number of nitrogens with two attached hydrogens (primary N) is 1. The van der Waals surface area contributed by atoms with Gasteiger partial charge in [-0.3, -0.25) is 4.79 Å². The first-order chi connectivity index (χ1) is 11.8. The molecule has 0 aromatic heterocycles. The molecule has 2 aliphatic rings. The van der Waals surface area contributed by atoms with Gasteiger partial charge in [-0.05, 0) is 55.2 Å². The quantitative estimate of drug-likeness (QED) is 0.760. The van der Waals surface area contributed by atoms with Crippen LogP contribution in [0.3, 0.4) is 0 Å². The number of benzene rings is 1. The number of carbonyl (C=O) groups is 1. The number of rotatable bonds is 3. The summed E-state index contributed by atoms with van der Waals surface area (Å²) in [5.41, 5.74) is 5.03. The molecule has 0 saturated heterocycles. The zero-order valence-corrected chi connectivity index (χ0v) is 15.0. The zero-order valence-electron chi connectivity index (χ0n) is 14.2. The van der Waals surface area contributed by atoms with Crippen molar-refractivity contribution in [2.24, 2.45) is 23.5 Å². The largest absolute Gasteiger partial charge is 0.416 e. The van der Waals surface area contributed by atoms with E-state index in [0.717, 1.165) is 31.4 Å². The van der Waals surface area contributed by atoms with E-state index in [2.05, 4.69) is 5.32 Å². The fourth-order valence-corrected chi connectivity index (χ4v) is 4.30. The van der Waals surface area contributed by atoms with E-state index in [4.69, 9.17) is 5.73 Å². The van der Waals surface area contributed by atoms with Crippen LogP contribution in [0.15, 0.2) is 18.2 Å². The van der Waals surface area contributed by atoms with E-state index in [1.807, 2.05) is 0 Å². The maximum atomic E-state index is 13.1. The Morgan fingerprint density at radius 3 is 2.38 bits per heavy atom. The summed E-state index contributed by atoms with van der Waals surface area (Å²) in [6.07, 6.45) is -0.119. The molecule has 26 heavy (non-hydrogen) atoms. The summed E-state index contributed by atoms with van der Waals surface area (Å²) in [5, 5.41) is 2.60. The highest BCUT2D eigenvalue weighted by Crippen LogP contribution is 2.42. The summed E-state index contributed by atoms with van der Waals surface area (Å²) in [6.45, 7) is -0.258. The maximum Gasteiger partial charge on any atom is 0.416 e. The molecule has 0 radical (unpaired) electrons. The minimum Gasteiger partial charge on any atom is -0.352 e. The highest BCUT2D eigenvalue weighted by molar-refractivity contribution is 5.85. The number of amides is 1. The van der Waals surface area contributed by atoms with Crippen molar-refractivity contribution in [3.05, 3.63) is 35.1 Å². The summed E-state index contributed by atoms with van der Waals surface area (Å²) in [5.74, 6) is -0.748. The fraction of sp³-hybridized carbons (Fsp3) is 0.611. The van der Waals surface area contributed by atoms with E-state index in [1.54, 1.807) is 0 Å². The third kappa shape index (κ3) is 4.49. The number of nitrogens with one attached hydrogen (secondary N) is 1. The monoisotopic (exact) mass is 394 g/mol. The van der Waals surface area contributed by atoms with Crippen LogP contribution in [0.1, 0.15) is 43.2 Å². The Balaban J connectivity index is 0.00000243. The second-order valence-electron chi connectivity index (χ2n) is 7.21. The molecule has 0 aliphatic heterocycles. The van der Waals surface area contributed by atoms with Crippen LogP contribution < -0.4 is 11.1 Å². The molecule has 2 bridgehead atoms. The molecule has 1 amide bonds. The van der Waals surface area contributed by atoms with E-state index in [9.17, 15) is 22.4 Å². The van der Waals surface area contributed by atoms with Crippen LogP contribution in [0, 0.1) is 23.6 Å². The summed E-state index contributed by atoms with van der Waals surface area (Å²) < 4.78 is 52.2. The predicted molar refractivity (Wildman–Crippen MR) is 92.0 cm³/mol. The lowest BCUT2D eigenvalue weighted by Gasteiger charge is -2.43. The Labute approximate surface area is 156 Å². The molecule has 3 N–H and O–H groups in total. The number of alkyl halides is 3. The van der Waals surface area contributed by atoms with Gasteiger partial charge in [-0.1, -0.05) is 12.5 Å². The standard InChI is InChI=1S/C18H22F4N2O.ClH/c19-14-5-4-12(15(8-14)18(20,21)22)9-24-17(25)13-6-10-2-1-3-11(7-13)16(10)23;/h4-5,8,10-11,13,16H,1-3,6-7,9,23H2,(H,24,25);1H. The minimum atomic E-state index is -4.66. The number of fused-ring (bicyclic) bond motifs is 2. The molecule has 3 nitrogen and oxygen atoms in total. The Morgan fingerprint density at radius 1 is 1.19 bits per heavy atom. The highest BCUT2D eigenvalue weighted by atomic mass is 35.5. The third-order valence-corrected chi connectivity index (χ3v) is 5.61. The average Bonchev–Trinajstić information content (AvgIpc) is 2.52. The summed E-state index contributed by atoms with van der Waals surface area (Å²) in [4.78, 5) is 12.4. The minimum absolute atomic E-state index is 0. The molecular weight excluding hydrogens is 372 g/mol. The summed E-state index contributed by atoms with van der Waals surface area (Å²) >= 11 is 0. The average molecular weight is 395 g/mol. The molecule has 0 spiro atoms. The first kappa shape index (κ1) is 21.0. The van der Waals surface area contributed by atoms with E-state index in [1.165, 1.54) is 0 Å². The second kappa shape index (κ2) is 8.13. The van der Waals surface area contributed by atoms with E-state index >= 15 is 0 Å². The molecule has 2 fully saturated rings. The van der Waals surface area contributed by atoms with E-state index < -0.39 is 17.6 Å². The normalized spacial score (nSPS) is 28.2. The van der Waals surface area contributed by atoms with E-state index in [0.29, 0.717) is 30.7 Å². The Bertz CT molecular complexity index is 639. The molecule has 2 saturated carbocycles. The molecule has 146 valence electrons. The van der Waals surface area contributed by atoms with Crippen molar-refractivity contribution in [3.63, 3.8) is 0 Å². The van der Waals surface area contributed by atoms with Gasteiger partial charge in [0, 0.05) is 18.5 Å². The van der Waals surface area contributed by atoms with Crippen molar-refractivity contribution < 1.29 is 22.4 Å². The number of hydrogen-bond donors (Lipinski definition) is 2. The van der Waals surface area contributed by atoms with Gasteiger partial charge in [0.05, 0.1) is 5.56 Å². The van der Waals surface area contributed by atoms with Gasteiger partial charge < -0.3 is 11.1 Å². The second-order valence-corrected chi connectivity index (χ2v) is 7.21. The zero-order chi connectivity index (χ0) is 18.2. The van der Waals surface area contributed by atoms with Gasteiger partial charge in [-0.15, -0.1) is 12.4 Å². The van der Waals surface area contributed by atoms with Crippen LogP contribution in [0.5, 0.6) is 0 Å². The molecule has 2 aliphatic carbocycles. The first-order valence-electron chi connectivity index (χ1n) is 8.64. The number of hydrogen-bond acceptors (Lipinski definition) is 2. The van der Waals surface area contributed by atoms with Gasteiger partial charge in [0.25, 0.3) is 0 Å². The van der Waals surface area contributed by atoms with Crippen LogP contribution >= 0.6 is 12.4 Å². The van der Waals surface area contributed by atoms with Gasteiger partial charge in [-0.2, -0.15) is 13.2 Å². The van der Waals surface area contributed by atoms with Crippen LogP contribution in [0.2, 0.25) is 0 Å². The van der Waals surface area contributed by atoms with E-state index in [-0.39, 0.29) is 42.4 Å². The number of carbonyl (C=O) groups excluding carboxylic acids is 1. The maximum absolute atomic E-state index is 13.1. The van der Waals surface area contributed by atoms with Crippen LogP contribution in [0.25, 0.3) is 0 Å². The molecule has 0 heterocycles. The van der Waals surface area contributed by atoms with Gasteiger partial charge in [0.1, 0.15) is 5.82 Å². The number of halogens is 5. The lowest BCUT2D eigenvalue weighted by Crippen LogP contribution is -2.49. The van der Waals surface area contributed by atoms with Crippen molar-refractivity contribution in [2.45, 2.75) is 50.9 Å². The summed E-state index contributed by atoms with van der Waals surface area (Å²) in [6, 6.07) is 2.64. The van der Waals surface area contributed by atoms with Crippen molar-refractivity contribution in [3.8, 4) is 0 Å². The van der Waals surface area contributed by atoms with Crippen molar-refractivity contribution in [1.29, 1.82) is 0 Å². The van der Waals surface area contributed by atoms with Gasteiger partial charge in [0.2, 0.25) is 5.91 Å². The third-order valence-electron chi connectivity index (χ3n) is 5.61. The van der Waals surface area contributed by atoms with Gasteiger partial charge >= 0.3 is 6.18 Å². The van der Waals surface area contributed by atoms with Crippen molar-refractivity contribution in [1.82, 2.24) is 5.32 Å². The molecule has 2 atom stereocenters. The fourth-order valence-electron chi connectivity index (χ4n) is 4.30. The van der Waals surface area contributed by atoms with Crippen LogP contribution in [-0.4, -0.2) is 11.9 Å². The molecule has 3 rings (SSSR count). The van der Waals surface area contributed by atoms with Crippen LogP contribution in [-0.2, 0) is 17.5 Å². The lowest BCUT2D eigenvalue weighted by molar-refractivity contribution is -0.139. The van der Waals surface area contributed by atoms with Gasteiger partial charge in [-0.25, -0.2) is 4.39 Å². The summed E-state index contributed by atoms with van der Waals surface area (Å²) in [7, 11) is 0.